The molecule has 0 fully saturated rings. The van der Waals surface area contributed by atoms with Gasteiger partial charge in [0, 0.05) is 28.3 Å². The third-order valence-corrected chi connectivity index (χ3v) is 6.31. The van der Waals surface area contributed by atoms with Gasteiger partial charge in [-0.2, -0.15) is 10.4 Å². The average Bonchev–Trinajstić information content (AvgIpc) is 2.75. The van der Waals surface area contributed by atoms with Gasteiger partial charge in [0.05, 0.1) is 18.5 Å². The van der Waals surface area contributed by atoms with Gasteiger partial charge in [0.15, 0.2) is 6.61 Å². The largest absolute Gasteiger partial charge is 0.507 e. The van der Waals surface area contributed by atoms with Crippen LogP contribution in [-0.4, -0.2) is 35.9 Å². The Hall–Kier alpha value is -2.96. The lowest BCUT2D eigenvalue weighted by Crippen LogP contribution is -2.25. The fraction of sp³-hybridized carbons (Fsp3) is 0.462. The number of hydrogen-bond acceptors (Lipinski definition) is 7. The number of ether oxygens (including phenoxy) is 2. The molecule has 1 aromatic carbocycles. The number of hydrazone groups is 1. The molecule has 0 atom stereocenters. The second-order valence-electron chi connectivity index (χ2n) is 10.3. The number of carbonyl (C=O) groups is 1. The number of aromatic nitrogens is 1. The smallest absolute Gasteiger partial charge is 0.278 e. The first kappa shape index (κ1) is 28.3. The molecular weight excluding hydrogens is 512 g/mol. The zero-order valence-electron chi connectivity index (χ0n) is 21.5. The number of amides is 1. The summed E-state index contributed by atoms with van der Waals surface area (Å²) in [7, 11) is 1.53. The number of carbonyl (C=O) groups excluding carboxylic acids is 1. The number of methoxy groups -OCH3 is 1. The predicted molar refractivity (Wildman–Crippen MR) is 139 cm³/mol. The number of nitrogens with zero attached hydrogens (tertiary/aromatic N) is 3. The topological polar surface area (TPSA) is 117 Å². The minimum absolute atomic E-state index is 0.0579. The van der Waals surface area contributed by atoms with E-state index in [4.69, 9.17) is 9.47 Å². The van der Waals surface area contributed by atoms with Gasteiger partial charge >= 0.3 is 0 Å². The maximum absolute atomic E-state index is 12.3. The summed E-state index contributed by atoms with van der Waals surface area (Å²) in [5.74, 6) is -0.174. The van der Waals surface area contributed by atoms with E-state index < -0.39 is 5.91 Å². The number of nitrogens with one attached hydrogen (secondary N) is 1. The van der Waals surface area contributed by atoms with E-state index in [1.807, 2.05) is 53.7 Å². The highest BCUT2D eigenvalue weighted by molar-refractivity contribution is 9.10. The molecule has 0 unspecified atom stereocenters. The Morgan fingerprint density at radius 3 is 2.29 bits per heavy atom. The summed E-state index contributed by atoms with van der Waals surface area (Å²) in [6.07, 6.45) is 1.53. The molecule has 2 aromatic rings. The molecule has 2 rings (SSSR count). The van der Waals surface area contributed by atoms with Crippen molar-refractivity contribution in [2.24, 2.45) is 5.10 Å². The van der Waals surface area contributed by atoms with Gasteiger partial charge in [0.2, 0.25) is 5.88 Å². The molecule has 0 saturated heterocycles. The highest BCUT2D eigenvalue weighted by Gasteiger charge is 2.26. The first-order valence-electron chi connectivity index (χ1n) is 11.1. The van der Waals surface area contributed by atoms with Crippen molar-refractivity contribution in [3.8, 4) is 17.7 Å². The summed E-state index contributed by atoms with van der Waals surface area (Å²) in [6.45, 7) is 13.7. The zero-order valence-corrected chi connectivity index (χ0v) is 23.1. The Bertz CT molecular complexity index is 1140. The van der Waals surface area contributed by atoms with Crippen LogP contribution < -0.4 is 10.2 Å². The summed E-state index contributed by atoms with van der Waals surface area (Å²) in [5.41, 5.74) is 5.65. The van der Waals surface area contributed by atoms with Gasteiger partial charge in [-0.1, -0.05) is 41.5 Å². The predicted octanol–water partition coefficient (Wildman–Crippen LogP) is 5.00. The fourth-order valence-electron chi connectivity index (χ4n) is 3.43. The lowest BCUT2D eigenvalue weighted by Gasteiger charge is -2.27. The molecule has 1 aromatic heterocycles. The van der Waals surface area contributed by atoms with Gasteiger partial charge < -0.3 is 14.6 Å². The van der Waals surface area contributed by atoms with Crippen LogP contribution in [0, 0.1) is 18.3 Å². The highest BCUT2D eigenvalue weighted by Crippen LogP contribution is 2.39. The minimum Gasteiger partial charge on any atom is -0.507 e. The third-order valence-electron chi connectivity index (χ3n) is 5.26. The molecule has 8 nitrogen and oxygen atoms in total. The Balaban J connectivity index is 2.20. The number of phenolic OH excluding ortho intramolecular Hbond substituents is 1. The van der Waals surface area contributed by atoms with Crippen molar-refractivity contribution in [1.29, 1.82) is 5.26 Å². The molecule has 9 heteroatoms. The Morgan fingerprint density at radius 2 is 1.80 bits per heavy atom. The van der Waals surface area contributed by atoms with E-state index in [1.54, 1.807) is 6.92 Å². The standard InChI is InChI=1S/C26H33BrN4O4/c1-15-22(27)18(13-34-8)17(11-28)24(30-15)35-14-21(32)31-29-12-16-9-19(25(2,3)4)23(33)20(10-16)26(5,6)7/h9-10,12,33H,13-14H2,1-8H3,(H,31,32)/b29-12+. The molecule has 0 aliphatic rings. The summed E-state index contributed by atoms with van der Waals surface area (Å²) in [6, 6.07) is 5.79. The molecule has 0 bridgehead atoms. The SMILES string of the molecule is COCc1c(Br)c(C)nc(OCC(=O)N/N=C/c2cc(C(C)(C)C)c(O)c(C(C)(C)C)c2)c1C#N. The molecule has 35 heavy (non-hydrogen) atoms. The van der Waals surface area contributed by atoms with E-state index in [9.17, 15) is 15.2 Å². The quantitative estimate of drug-likeness (QED) is 0.374. The summed E-state index contributed by atoms with van der Waals surface area (Å²) < 4.78 is 11.4. The van der Waals surface area contributed by atoms with E-state index in [0.29, 0.717) is 15.7 Å². The van der Waals surface area contributed by atoms with Crippen molar-refractivity contribution in [3.63, 3.8) is 0 Å². The molecular formula is C26H33BrN4O4. The van der Waals surface area contributed by atoms with Gasteiger partial charge in [0.1, 0.15) is 17.4 Å². The summed E-state index contributed by atoms with van der Waals surface area (Å²) in [4.78, 5) is 16.6. The second-order valence-corrected chi connectivity index (χ2v) is 11.1. The van der Waals surface area contributed by atoms with Crippen molar-refractivity contribution in [2.75, 3.05) is 13.7 Å². The van der Waals surface area contributed by atoms with Crippen LogP contribution in [0.5, 0.6) is 11.6 Å². The van der Waals surface area contributed by atoms with E-state index in [2.05, 4.69) is 37.5 Å². The van der Waals surface area contributed by atoms with Gasteiger partial charge in [-0.3, -0.25) is 4.79 Å². The van der Waals surface area contributed by atoms with Crippen LogP contribution in [0.2, 0.25) is 0 Å². The maximum atomic E-state index is 12.3. The summed E-state index contributed by atoms with van der Waals surface area (Å²) >= 11 is 3.42. The number of hydrogen-bond donors (Lipinski definition) is 2. The van der Waals surface area contributed by atoms with Gasteiger partial charge in [-0.15, -0.1) is 0 Å². The van der Waals surface area contributed by atoms with Crippen LogP contribution in [0.1, 0.15) is 75.1 Å². The molecule has 0 aliphatic carbocycles. The maximum Gasteiger partial charge on any atom is 0.278 e. The Morgan fingerprint density at radius 1 is 1.23 bits per heavy atom. The summed E-state index contributed by atoms with van der Waals surface area (Å²) in [5, 5.41) is 24.5. The van der Waals surface area contributed by atoms with Gasteiger partial charge in [0.25, 0.3) is 5.91 Å². The van der Waals surface area contributed by atoms with Crippen LogP contribution in [0.4, 0.5) is 0 Å². The van der Waals surface area contributed by atoms with Crippen LogP contribution in [0.15, 0.2) is 21.7 Å². The van der Waals surface area contributed by atoms with Gasteiger partial charge in [-0.05, 0) is 51.4 Å². The molecule has 0 radical (unpaired) electrons. The van der Waals surface area contributed by atoms with Crippen molar-refractivity contribution < 1.29 is 19.4 Å². The van der Waals surface area contributed by atoms with Crippen molar-refractivity contribution in [1.82, 2.24) is 10.4 Å². The van der Waals surface area contributed by atoms with E-state index in [0.717, 1.165) is 16.7 Å². The van der Waals surface area contributed by atoms with Crippen LogP contribution in [0.3, 0.4) is 0 Å². The Labute approximate surface area is 215 Å². The number of benzene rings is 1. The van der Waals surface area contributed by atoms with E-state index in [1.165, 1.54) is 13.3 Å². The lowest BCUT2D eigenvalue weighted by atomic mass is 9.78. The Kier molecular flexibility index (Phi) is 9.04. The van der Waals surface area contributed by atoms with E-state index >= 15 is 0 Å². The third kappa shape index (κ3) is 7.03. The number of pyridine rings is 1. The average molecular weight is 545 g/mol. The molecule has 1 amide bonds. The number of aryl methyl sites for hydroxylation is 1. The number of nitriles is 1. The highest BCUT2D eigenvalue weighted by atomic mass is 79.9. The molecule has 0 spiro atoms. The van der Waals surface area contributed by atoms with Crippen molar-refractivity contribution in [3.05, 3.63) is 50.1 Å². The van der Waals surface area contributed by atoms with Crippen molar-refractivity contribution >= 4 is 28.1 Å². The van der Waals surface area contributed by atoms with Crippen LogP contribution >= 0.6 is 15.9 Å². The first-order chi connectivity index (χ1) is 16.2. The minimum atomic E-state index is -0.508. The molecule has 2 N–H and O–H groups in total. The number of aromatic hydroxyl groups is 1. The molecule has 0 saturated carbocycles. The van der Waals surface area contributed by atoms with Crippen molar-refractivity contribution in [2.45, 2.75) is 65.9 Å². The number of halogens is 1. The fourth-order valence-corrected chi connectivity index (χ4v) is 3.84. The number of phenols is 1. The van der Waals surface area contributed by atoms with Crippen LogP contribution in [0.25, 0.3) is 0 Å². The van der Waals surface area contributed by atoms with Crippen LogP contribution in [-0.2, 0) is 27.0 Å². The molecule has 0 aliphatic heterocycles. The second kappa shape index (κ2) is 11.2. The monoisotopic (exact) mass is 544 g/mol. The number of rotatable bonds is 7. The molecule has 188 valence electrons. The zero-order chi connectivity index (χ0) is 26.6. The van der Waals surface area contributed by atoms with Gasteiger partial charge in [-0.25, -0.2) is 10.4 Å². The normalized spacial score (nSPS) is 12.0. The first-order valence-corrected chi connectivity index (χ1v) is 11.9. The lowest BCUT2D eigenvalue weighted by molar-refractivity contribution is -0.123. The van der Waals surface area contributed by atoms with E-state index in [-0.39, 0.29) is 41.2 Å². The molecule has 1 heterocycles.